The molecule has 0 bridgehead atoms. The molecule has 21 heavy (non-hydrogen) atoms. The first-order valence-electron chi connectivity index (χ1n) is 7.54. The number of methoxy groups -OCH3 is 1. The third-order valence-corrected chi connectivity index (χ3v) is 4.56. The highest BCUT2D eigenvalue weighted by atomic mass is 32.2. The minimum absolute atomic E-state index is 0.170. The smallest absolute Gasteiger partial charge is 0.325 e. The largest absolute Gasteiger partial charge is 0.468 e. The van der Waals surface area contributed by atoms with Crippen molar-refractivity contribution in [3.8, 4) is 0 Å². The molecule has 0 aliphatic heterocycles. The van der Waals surface area contributed by atoms with Gasteiger partial charge in [-0.1, -0.05) is 24.6 Å². The lowest BCUT2D eigenvalue weighted by Crippen LogP contribution is -2.50. The summed E-state index contributed by atoms with van der Waals surface area (Å²) in [5.41, 5.74) is 0.710. The number of hydrogen-bond donors (Lipinski definition) is 1. The molecule has 1 aromatic carbocycles. The van der Waals surface area contributed by atoms with Crippen molar-refractivity contribution in [3.05, 3.63) is 29.8 Å². The summed E-state index contributed by atoms with van der Waals surface area (Å²) in [5, 5.41) is 3.32. The summed E-state index contributed by atoms with van der Waals surface area (Å²) in [5.74, 6) is 0.834. The molecule has 1 rings (SSSR count). The third kappa shape index (κ3) is 6.10. The fraction of sp³-hybridized carbons (Fsp3) is 0.588. The number of ether oxygens (including phenoxy) is 1. The Morgan fingerprint density at radius 2 is 2.19 bits per heavy atom. The second-order valence-corrected chi connectivity index (χ2v) is 6.69. The first-order valence-corrected chi connectivity index (χ1v) is 8.53. The molecular weight excluding hydrogens is 282 g/mol. The van der Waals surface area contributed by atoms with E-state index in [1.807, 2.05) is 18.7 Å². The number of carbonyl (C=O) groups is 1. The molecule has 1 unspecified atom stereocenters. The van der Waals surface area contributed by atoms with Gasteiger partial charge in [0.05, 0.1) is 7.11 Å². The van der Waals surface area contributed by atoms with Crippen LogP contribution in [0, 0.1) is 6.92 Å². The van der Waals surface area contributed by atoms with Gasteiger partial charge in [-0.3, -0.25) is 4.79 Å². The maximum atomic E-state index is 12.0. The molecule has 0 amide bonds. The predicted molar refractivity (Wildman–Crippen MR) is 89.9 cm³/mol. The molecule has 0 aliphatic rings. The van der Waals surface area contributed by atoms with Crippen molar-refractivity contribution in [2.24, 2.45) is 0 Å². The molecule has 0 radical (unpaired) electrons. The van der Waals surface area contributed by atoms with E-state index in [4.69, 9.17) is 4.74 Å². The second kappa shape index (κ2) is 9.11. The van der Waals surface area contributed by atoms with Crippen molar-refractivity contribution in [3.63, 3.8) is 0 Å². The summed E-state index contributed by atoms with van der Waals surface area (Å²) >= 11 is 1.84. The molecule has 1 atom stereocenters. The van der Waals surface area contributed by atoms with E-state index in [-0.39, 0.29) is 5.97 Å². The van der Waals surface area contributed by atoms with Crippen molar-refractivity contribution >= 4 is 17.7 Å². The van der Waals surface area contributed by atoms with Crippen LogP contribution in [0.25, 0.3) is 0 Å². The zero-order valence-corrected chi connectivity index (χ0v) is 14.4. The van der Waals surface area contributed by atoms with Gasteiger partial charge in [0.1, 0.15) is 5.54 Å². The van der Waals surface area contributed by atoms with Gasteiger partial charge in [0.15, 0.2) is 0 Å². The fourth-order valence-electron chi connectivity index (χ4n) is 2.21. The summed E-state index contributed by atoms with van der Waals surface area (Å²) in [7, 11) is 1.45. The molecule has 0 saturated carbocycles. The molecule has 4 heteroatoms. The van der Waals surface area contributed by atoms with Gasteiger partial charge in [-0.05, 0) is 57.5 Å². The first-order chi connectivity index (χ1) is 10.0. The lowest BCUT2D eigenvalue weighted by Gasteiger charge is -2.28. The number of carbonyl (C=O) groups excluding carboxylic acids is 1. The minimum atomic E-state index is -0.572. The number of benzene rings is 1. The van der Waals surface area contributed by atoms with Crippen LogP contribution in [0.15, 0.2) is 29.2 Å². The normalized spacial score (nSPS) is 13.7. The fourth-order valence-corrected chi connectivity index (χ4v) is 3.18. The Balaban J connectivity index is 2.44. The molecule has 0 spiro atoms. The first kappa shape index (κ1) is 18.1. The van der Waals surface area contributed by atoms with E-state index in [2.05, 4.69) is 43.4 Å². The molecule has 3 nitrogen and oxygen atoms in total. The number of esters is 1. The predicted octanol–water partition coefficient (Wildman–Crippen LogP) is 3.80. The summed E-state index contributed by atoms with van der Waals surface area (Å²) in [6.07, 6.45) is 2.77. The van der Waals surface area contributed by atoms with E-state index in [9.17, 15) is 4.79 Å². The van der Waals surface area contributed by atoms with Gasteiger partial charge in [-0.25, -0.2) is 0 Å². The SMILES string of the molecule is CCCNC(C)(CCCSc1cccc(C)c1)C(=O)OC. The molecule has 0 fully saturated rings. The average molecular weight is 309 g/mol. The van der Waals surface area contributed by atoms with Crippen molar-refractivity contribution in [2.45, 2.75) is 50.5 Å². The Bertz CT molecular complexity index is 450. The third-order valence-electron chi connectivity index (χ3n) is 3.48. The van der Waals surface area contributed by atoms with Crippen LogP contribution in [0.4, 0.5) is 0 Å². The van der Waals surface area contributed by atoms with Crippen molar-refractivity contribution in [1.29, 1.82) is 0 Å². The highest BCUT2D eigenvalue weighted by Gasteiger charge is 2.32. The van der Waals surface area contributed by atoms with Crippen LogP contribution >= 0.6 is 11.8 Å². The maximum absolute atomic E-state index is 12.0. The summed E-state index contributed by atoms with van der Waals surface area (Å²) < 4.78 is 4.94. The highest BCUT2D eigenvalue weighted by molar-refractivity contribution is 7.99. The Morgan fingerprint density at radius 1 is 1.43 bits per heavy atom. The van der Waals surface area contributed by atoms with Crippen LogP contribution in [0.1, 0.15) is 38.7 Å². The molecule has 0 saturated heterocycles. The minimum Gasteiger partial charge on any atom is -0.468 e. The van der Waals surface area contributed by atoms with E-state index >= 15 is 0 Å². The molecule has 1 N–H and O–H groups in total. The number of aryl methyl sites for hydroxylation is 1. The van der Waals surface area contributed by atoms with Gasteiger partial charge >= 0.3 is 5.97 Å². The van der Waals surface area contributed by atoms with E-state index < -0.39 is 5.54 Å². The molecule has 118 valence electrons. The van der Waals surface area contributed by atoms with Crippen LogP contribution in [0.2, 0.25) is 0 Å². The quantitative estimate of drug-likeness (QED) is 0.428. The molecule has 0 aliphatic carbocycles. The van der Waals surface area contributed by atoms with E-state index in [1.54, 1.807) is 0 Å². The van der Waals surface area contributed by atoms with Gasteiger partial charge in [-0.2, -0.15) is 0 Å². The summed E-state index contributed by atoms with van der Waals surface area (Å²) in [6.45, 7) is 6.97. The number of nitrogens with one attached hydrogen (secondary N) is 1. The van der Waals surface area contributed by atoms with Crippen molar-refractivity contribution < 1.29 is 9.53 Å². The molecule has 1 aromatic rings. The van der Waals surface area contributed by atoms with E-state index in [0.29, 0.717) is 0 Å². The van der Waals surface area contributed by atoms with Crippen molar-refractivity contribution in [2.75, 3.05) is 19.4 Å². The van der Waals surface area contributed by atoms with Gasteiger partial charge in [0.25, 0.3) is 0 Å². The number of thioether (sulfide) groups is 1. The van der Waals surface area contributed by atoms with Gasteiger partial charge in [0, 0.05) is 4.90 Å². The van der Waals surface area contributed by atoms with Gasteiger partial charge in [0.2, 0.25) is 0 Å². The number of hydrogen-bond acceptors (Lipinski definition) is 4. The van der Waals surface area contributed by atoms with Gasteiger partial charge in [-0.15, -0.1) is 11.8 Å². The molecule has 0 aromatic heterocycles. The maximum Gasteiger partial charge on any atom is 0.325 e. The Morgan fingerprint density at radius 3 is 2.81 bits per heavy atom. The zero-order chi connectivity index (χ0) is 15.7. The average Bonchev–Trinajstić information content (AvgIpc) is 2.49. The molecule has 0 heterocycles. The van der Waals surface area contributed by atoms with Crippen LogP contribution in [-0.2, 0) is 9.53 Å². The van der Waals surface area contributed by atoms with Gasteiger partial charge < -0.3 is 10.1 Å². The van der Waals surface area contributed by atoms with E-state index in [0.717, 1.165) is 31.6 Å². The van der Waals surface area contributed by atoms with Crippen molar-refractivity contribution in [1.82, 2.24) is 5.32 Å². The second-order valence-electron chi connectivity index (χ2n) is 5.52. The van der Waals surface area contributed by atoms with Crippen LogP contribution in [0.5, 0.6) is 0 Å². The Hall–Kier alpha value is -1.00. The Kier molecular flexibility index (Phi) is 7.83. The topological polar surface area (TPSA) is 38.3 Å². The summed E-state index contributed by atoms with van der Waals surface area (Å²) in [6, 6.07) is 8.51. The zero-order valence-electron chi connectivity index (χ0n) is 13.6. The lowest BCUT2D eigenvalue weighted by molar-refractivity contribution is -0.148. The highest BCUT2D eigenvalue weighted by Crippen LogP contribution is 2.23. The van der Waals surface area contributed by atoms with Crippen LogP contribution in [0.3, 0.4) is 0 Å². The van der Waals surface area contributed by atoms with Crippen LogP contribution < -0.4 is 5.32 Å². The Labute approximate surface area is 132 Å². The van der Waals surface area contributed by atoms with E-state index in [1.165, 1.54) is 17.6 Å². The van der Waals surface area contributed by atoms with Crippen LogP contribution in [-0.4, -0.2) is 30.9 Å². The monoisotopic (exact) mass is 309 g/mol. The standard InChI is InChI=1S/C17H27NO2S/c1-5-11-18-17(3,16(19)20-4)10-7-12-21-15-9-6-8-14(2)13-15/h6,8-9,13,18H,5,7,10-12H2,1-4H3. The summed E-state index contributed by atoms with van der Waals surface area (Å²) in [4.78, 5) is 13.2. The lowest BCUT2D eigenvalue weighted by atomic mass is 9.96. The molecular formula is C17H27NO2S. The number of rotatable bonds is 9.